The highest BCUT2D eigenvalue weighted by atomic mass is 35.5. The molecule has 8 heavy (non-hydrogen) atoms. The van der Waals surface area contributed by atoms with E-state index < -0.39 is 0 Å². The fourth-order valence-corrected chi connectivity index (χ4v) is 0.749. The molecule has 0 radical (unpaired) electrons. The monoisotopic (exact) mass is 128 g/mol. The third-order valence-corrected chi connectivity index (χ3v) is 1.16. The summed E-state index contributed by atoms with van der Waals surface area (Å²) in [6, 6.07) is 0. The maximum absolute atomic E-state index is 10.5. The maximum atomic E-state index is 10.5. The molecule has 0 heterocycles. The summed E-state index contributed by atoms with van der Waals surface area (Å²) in [4.78, 5) is 10.5. The molecule has 0 aromatic carbocycles. The highest BCUT2D eigenvalue weighted by molar-refractivity contribution is 6.31. The highest BCUT2D eigenvalue weighted by Gasteiger charge is 2.01. The zero-order valence-electron chi connectivity index (χ0n) is 4.23. The summed E-state index contributed by atoms with van der Waals surface area (Å²) in [5.41, 5.74) is 0. The van der Waals surface area contributed by atoms with Crippen molar-refractivity contribution in [2.24, 2.45) is 0 Å². The Balaban J connectivity index is 2.73. The number of hydrogen-bond donors (Lipinski definition) is 0. The second kappa shape index (κ2) is 2.14. The van der Waals surface area contributed by atoms with Crippen LogP contribution >= 0.6 is 11.6 Å². The smallest absolute Gasteiger partial charge is 0.160 e. The molecule has 1 aliphatic carbocycles. The Hall–Kier alpha value is -0.560. The van der Waals surface area contributed by atoms with Crippen molar-refractivity contribution >= 4 is 17.4 Å². The van der Waals surface area contributed by atoms with E-state index >= 15 is 0 Å². The third kappa shape index (κ3) is 1.20. The Morgan fingerprint density at radius 3 is 2.75 bits per heavy atom. The van der Waals surface area contributed by atoms with Gasteiger partial charge in [0.25, 0.3) is 0 Å². The van der Waals surface area contributed by atoms with Crippen LogP contribution in [0.2, 0.25) is 0 Å². The van der Waals surface area contributed by atoms with Crippen LogP contribution in [0.3, 0.4) is 0 Å². The standard InChI is InChI=1S/C6H5ClO/c7-5-2-1-3-6(8)4-5/h1-3H,4H2. The van der Waals surface area contributed by atoms with Crippen LogP contribution in [-0.4, -0.2) is 5.78 Å². The van der Waals surface area contributed by atoms with E-state index in [0.29, 0.717) is 11.5 Å². The van der Waals surface area contributed by atoms with Crippen molar-refractivity contribution in [3.05, 3.63) is 23.3 Å². The zero-order valence-corrected chi connectivity index (χ0v) is 4.98. The molecule has 42 valence electrons. The fourth-order valence-electron chi connectivity index (χ4n) is 0.544. The molecule has 0 unspecified atom stereocenters. The molecule has 0 aromatic rings. The molecule has 0 aromatic heterocycles. The van der Waals surface area contributed by atoms with Gasteiger partial charge in [-0.05, 0) is 12.2 Å². The predicted octanol–water partition coefficient (Wildman–Crippen LogP) is 1.64. The van der Waals surface area contributed by atoms with Crippen LogP contribution in [0.1, 0.15) is 6.42 Å². The van der Waals surface area contributed by atoms with Gasteiger partial charge in [-0.2, -0.15) is 0 Å². The lowest BCUT2D eigenvalue weighted by molar-refractivity contribution is -0.113. The summed E-state index contributed by atoms with van der Waals surface area (Å²) in [5, 5.41) is 0.623. The average Bonchev–Trinajstić information content (AvgIpc) is 1.64. The molecule has 0 spiro atoms. The lowest BCUT2D eigenvalue weighted by Gasteiger charge is -1.96. The summed E-state index contributed by atoms with van der Waals surface area (Å²) in [5.74, 6) is 0.0810. The molecule has 0 atom stereocenters. The Bertz CT molecular complexity index is 167. The topological polar surface area (TPSA) is 17.1 Å². The van der Waals surface area contributed by atoms with Crippen molar-refractivity contribution < 1.29 is 4.79 Å². The molecule has 0 bridgehead atoms. The van der Waals surface area contributed by atoms with Crippen molar-refractivity contribution in [2.75, 3.05) is 0 Å². The minimum atomic E-state index is 0.0810. The molecule has 0 fully saturated rings. The number of hydrogen-bond acceptors (Lipinski definition) is 1. The quantitative estimate of drug-likeness (QED) is 0.485. The molecule has 0 aliphatic heterocycles. The van der Waals surface area contributed by atoms with Gasteiger partial charge in [-0.15, -0.1) is 0 Å². The highest BCUT2D eigenvalue weighted by Crippen LogP contribution is 2.11. The Morgan fingerprint density at radius 1 is 1.62 bits per heavy atom. The largest absolute Gasteiger partial charge is 0.294 e. The van der Waals surface area contributed by atoms with Crippen LogP contribution in [0.4, 0.5) is 0 Å². The van der Waals surface area contributed by atoms with Gasteiger partial charge >= 0.3 is 0 Å². The minimum absolute atomic E-state index is 0.0810. The average molecular weight is 129 g/mol. The van der Waals surface area contributed by atoms with Gasteiger partial charge in [0.15, 0.2) is 5.78 Å². The number of halogens is 1. The van der Waals surface area contributed by atoms with Crippen molar-refractivity contribution in [3.63, 3.8) is 0 Å². The normalized spacial score (nSPS) is 18.6. The molecular weight excluding hydrogens is 124 g/mol. The molecule has 0 amide bonds. The lowest BCUT2D eigenvalue weighted by Crippen LogP contribution is -1.94. The fraction of sp³-hybridized carbons (Fsp3) is 0.167. The van der Waals surface area contributed by atoms with Gasteiger partial charge in [-0.3, -0.25) is 4.79 Å². The van der Waals surface area contributed by atoms with Gasteiger partial charge < -0.3 is 0 Å². The first-order valence-corrected chi connectivity index (χ1v) is 2.72. The summed E-state index contributed by atoms with van der Waals surface area (Å²) >= 11 is 5.50. The SMILES string of the molecule is O=C1C=CC=C(Cl)C1. The van der Waals surface area contributed by atoms with Crippen LogP contribution in [0.5, 0.6) is 0 Å². The van der Waals surface area contributed by atoms with Crippen LogP contribution in [0, 0.1) is 0 Å². The van der Waals surface area contributed by atoms with E-state index in [-0.39, 0.29) is 5.78 Å². The molecule has 0 N–H and O–H groups in total. The molecule has 1 aliphatic rings. The summed E-state index contributed by atoms with van der Waals surface area (Å²) < 4.78 is 0. The zero-order chi connectivity index (χ0) is 5.98. The second-order valence-corrected chi connectivity index (χ2v) is 2.10. The number of carbonyl (C=O) groups is 1. The maximum Gasteiger partial charge on any atom is 0.160 e. The van der Waals surface area contributed by atoms with E-state index in [0.717, 1.165) is 0 Å². The van der Waals surface area contributed by atoms with Crippen LogP contribution in [0.15, 0.2) is 23.3 Å². The minimum Gasteiger partial charge on any atom is -0.294 e. The van der Waals surface area contributed by atoms with E-state index in [4.69, 9.17) is 11.6 Å². The Labute approximate surface area is 52.6 Å². The first-order chi connectivity index (χ1) is 3.79. The molecule has 1 rings (SSSR count). The van der Waals surface area contributed by atoms with Crippen molar-refractivity contribution in [2.45, 2.75) is 6.42 Å². The van der Waals surface area contributed by atoms with Crippen LogP contribution in [-0.2, 0) is 4.79 Å². The third-order valence-electron chi connectivity index (χ3n) is 0.902. The first kappa shape index (κ1) is 5.57. The van der Waals surface area contributed by atoms with E-state index in [1.165, 1.54) is 6.08 Å². The van der Waals surface area contributed by atoms with E-state index in [1.807, 2.05) is 0 Å². The van der Waals surface area contributed by atoms with Crippen LogP contribution < -0.4 is 0 Å². The number of carbonyl (C=O) groups excluding carboxylic acids is 1. The predicted molar refractivity (Wildman–Crippen MR) is 32.7 cm³/mol. The Morgan fingerprint density at radius 2 is 2.38 bits per heavy atom. The summed E-state index contributed by atoms with van der Waals surface area (Å²) in [6.45, 7) is 0. The van der Waals surface area contributed by atoms with Crippen molar-refractivity contribution in [1.82, 2.24) is 0 Å². The van der Waals surface area contributed by atoms with Gasteiger partial charge in [0.05, 0.1) is 0 Å². The van der Waals surface area contributed by atoms with Crippen LogP contribution in [0.25, 0.3) is 0 Å². The molecule has 1 nitrogen and oxygen atoms in total. The molecule has 2 heteroatoms. The van der Waals surface area contributed by atoms with Crippen molar-refractivity contribution in [1.29, 1.82) is 0 Å². The summed E-state index contributed by atoms with van der Waals surface area (Å²) in [7, 11) is 0. The summed E-state index contributed by atoms with van der Waals surface area (Å²) in [6.07, 6.45) is 5.28. The van der Waals surface area contributed by atoms with E-state index in [9.17, 15) is 4.79 Å². The second-order valence-electron chi connectivity index (χ2n) is 1.62. The van der Waals surface area contributed by atoms with Gasteiger partial charge in [0.1, 0.15) is 0 Å². The first-order valence-electron chi connectivity index (χ1n) is 2.34. The lowest BCUT2D eigenvalue weighted by atomic mass is 10.2. The van der Waals surface area contributed by atoms with Crippen molar-refractivity contribution in [3.8, 4) is 0 Å². The van der Waals surface area contributed by atoms with Gasteiger partial charge in [-0.25, -0.2) is 0 Å². The number of ketones is 1. The van der Waals surface area contributed by atoms with Gasteiger partial charge in [0.2, 0.25) is 0 Å². The van der Waals surface area contributed by atoms with E-state index in [2.05, 4.69) is 0 Å². The number of allylic oxidation sites excluding steroid dienone is 4. The Kier molecular flexibility index (Phi) is 1.49. The molecule has 0 saturated heterocycles. The van der Waals surface area contributed by atoms with Gasteiger partial charge in [-0.1, -0.05) is 17.7 Å². The van der Waals surface area contributed by atoms with E-state index in [1.54, 1.807) is 12.2 Å². The van der Waals surface area contributed by atoms with Gasteiger partial charge in [0, 0.05) is 11.5 Å². The number of rotatable bonds is 0. The molecule has 0 saturated carbocycles. The molecular formula is C6H5ClO.